The Labute approximate surface area is 236 Å². The maximum absolute atomic E-state index is 14.1. The Bertz CT molecular complexity index is 1780. The van der Waals surface area contributed by atoms with E-state index in [1.165, 1.54) is 6.20 Å². The van der Waals surface area contributed by atoms with E-state index >= 15 is 0 Å². The van der Waals surface area contributed by atoms with E-state index in [-0.39, 0.29) is 17.9 Å². The second kappa shape index (κ2) is 10.5. The molecule has 5 aromatic rings. The van der Waals surface area contributed by atoms with Crippen LogP contribution < -0.4 is 14.8 Å². The van der Waals surface area contributed by atoms with Crippen LogP contribution in [0.1, 0.15) is 49.9 Å². The molecule has 0 aliphatic carbocycles. The van der Waals surface area contributed by atoms with Crippen molar-refractivity contribution in [1.82, 2.24) is 20.2 Å². The van der Waals surface area contributed by atoms with Gasteiger partial charge in [-0.2, -0.15) is 0 Å². The highest BCUT2D eigenvalue weighted by Crippen LogP contribution is 2.40. The fourth-order valence-electron chi connectivity index (χ4n) is 5.72. The number of para-hydroxylation sites is 1. The van der Waals surface area contributed by atoms with Crippen LogP contribution in [0.15, 0.2) is 91.4 Å². The molecule has 8 nitrogen and oxygen atoms in total. The van der Waals surface area contributed by atoms with Gasteiger partial charge >= 0.3 is 0 Å². The molecular weight excluding hydrogens is 516 g/mol. The van der Waals surface area contributed by atoms with Gasteiger partial charge in [0.1, 0.15) is 17.2 Å². The van der Waals surface area contributed by atoms with Crippen molar-refractivity contribution >= 4 is 22.7 Å². The van der Waals surface area contributed by atoms with Crippen LogP contribution in [0.25, 0.3) is 10.9 Å². The molecule has 2 N–H and O–H groups in total. The molecule has 0 fully saturated rings. The van der Waals surface area contributed by atoms with Crippen LogP contribution >= 0.6 is 0 Å². The van der Waals surface area contributed by atoms with Gasteiger partial charge in [0.25, 0.3) is 11.8 Å². The third kappa shape index (κ3) is 4.78. The monoisotopic (exact) mass is 544 g/mol. The summed E-state index contributed by atoms with van der Waals surface area (Å²) in [6.45, 7) is 1.44. The Morgan fingerprint density at radius 3 is 2.83 bits per heavy atom. The third-order valence-corrected chi connectivity index (χ3v) is 7.68. The quantitative estimate of drug-likeness (QED) is 0.284. The SMILES string of the molecule is O=C1NCCCOc2cccc(c2)C2c3ccc(cc3CCN2C(=O)c2c[nH]c3ccccc23)Oc2cncc1c2. The van der Waals surface area contributed by atoms with Crippen molar-refractivity contribution in [3.63, 3.8) is 0 Å². The Kier molecular flexibility index (Phi) is 6.35. The number of hydrogen-bond acceptors (Lipinski definition) is 5. The van der Waals surface area contributed by atoms with Gasteiger partial charge in [0.15, 0.2) is 0 Å². The number of H-pyrrole nitrogens is 1. The second-order valence-corrected chi connectivity index (χ2v) is 10.3. The molecule has 1 unspecified atom stereocenters. The number of pyridine rings is 1. The molecule has 2 amide bonds. The zero-order valence-electron chi connectivity index (χ0n) is 22.3. The topological polar surface area (TPSA) is 96.6 Å². The summed E-state index contributed by atoms with van der Waals surface area (Å²) in [7, 11) is 0. The summed E-state index contributed by atoms with van der Waals surface area (Å²) in [4.78, 5) is 36.2. The van der Waals surface area contributed by atoms with E-state index in [4.69, 9.17) is 9.47 Å². The number of nitrogens with zero attached hydrogens (tertiary/aromatic N) is 2. The molecule has 41 heavy (non-hydrogen) atoms. The number of nitrogens with one attached hydrogen (secondary N) is 2. The maximum atomic E-state index is 14.1. The molecule has 5 heterocycles. The number of aromatic nitrogens is 2. The average Bonchev–Trinajstić information content (AvgIpc) is 3.44. The first-order chi connectivity index (χ1) is 20.1. The number of hydrogen-bond donors (Lipinski definition) is 2. The van der Waals surface area contributed by atoms with Crippen LogP contribution in [-0.4, -0.2) is 46.4 Å². The summed E-state index contributed by atoms with van der Waals surface area (Å²) < 4.78 is 12.2. The lowest BCUT2D eigenvalue weighted by Gasteiger charge is -2.38. The number of aromatic amines is 1. The minimum atomic E-state index is -0.305. The predicted octanol–water partition coefficient (Wildman–Crippen LogP) is 5.66. The highest BCUT2D eigenvalue weighted by atomic mass is 16.5. The molecule has 0 radical (unpaired) electrons. The van der Waals surface area contributed by atoms with Crippen molar-refractivity contribution in [3.8, 4) is 17.2 Å². The van der Waals surface area contributed by atoms with Crippen LogP contribution in [0.3, 0.4) is 0 Å². The van der Waals surface area contributed by atoms with Gasteiger partial charge in [-0.15, -0.1) is 0 Å². The van der Waals surface area contributed by atoms with Crippen molar-refractivity contribution in [2.75, 3.05) is 19.7 Å². The van der Waals surface area contributed by atoms with Crippen LogP contribution in [0.2, 0.25) is 0 Å². The predicted molar refractivity (Wildman–Crippen MR) is 155 cm³/mol. The highest BCUT2D eigenvalue weighted by molar-refractivity contribution is 6.07. The second-order valence-electron chi connectivity index (χ2n) is 10.3. The van der Waals surface area contributed by atoms with Gasteiger partial charge in [0, 0.05) is 36.4 Å². The van der Waals surface area contributed by atoms with Crippen LogP contribution in [0, 0.1) is 0 Å². The minimum Gasteiger partial charge on any atom is -0.494 e. The average molecular weight is 545 g/mol. The molecule has 8 rings (SSSR count). The molecule has 8 bridgehead atoms. The Morgan fingerprint density at radius 2 is 1.88 bits per heavy atom. The van der Waals surface area contributed by atoms with Crippen molar-refractivity contribution < 1.29 is 19.1 Å². The van der Waals surface area contributed by atoms with Gasteiger partial charge in [-0.1, -0.05) is 36.4 Å². The van der Waals surface area contributed by atoms with Crippen LogP contribution in [0.5, 0.6) is 17.2 Å². The molecule has 3 aliphatic rings. The maximum Gasteiger partial charge on any atom is 0.256 e. The fraction of sp³-hybridized carbons (Fsp3) is 0.182. The number of ether oxygens (including phenoxy) is 2. The van der Waals surface area contributed by atoms with E-state index in [9.17, 15) is 9.59 Å². The number of benzene rings is 3. The number of fused-ring (bicyclic) bond motifs is 7. The number of rotatable bonds is 1. The molecule has 204 valence electrons. The van der Waals surface area contributed by atoms with Gasteiger partial charge in [0.05, 0.1) is 30.0 Å². The highest BCUT2D eigenvalue weighted by Gasteiger charge is 2.34. The van der Waals surface area contributed by atoms with Crippen molar-refractivity contribution in [1.29, 1.82) is 0 Å². The van der Waals surface area contributed by atoms with Crippen molar-refractivity contribution in [3.05, 3.63) is 119 Å². The molecule has 3 aliphatic heterocycles. The lowest BCUT2D eigenvalue weighted by Crippen LogP contribution is -2.40. The molecular formula is C33H28N4O4. The van der Waals surface area contributed by atoms with Gasteiger partial charge in [-0.3, -0.25) is 14.6 Å². The van der Waals surface area contributed by atoms with Crippen LogP contribution in [0.4, 0.5) is 0 Å². The first-order valence-corrected chi connectivity index (χ1v) is 13.8. The molecule has 0 saturated carbocycles. The van der Waals surface area contributed by atoms with Gasteiger partial charge < -0.3 is 24.7 Å². The normalized spacial score (nSPS) is 16.7. The summed E-state index contributed by atoms with van der Waals surface area (Å²) >= 11 is 0. The zero-order chi connectivity index (χ0) is 27.8. The fourth-order valence-corrected chi connectivity index (χ4v) is 5.72. The lowest BCUT2D eigenvalue weighted by molar-refractivity contribution is 0.0696. The number of carbonyl (C=O) groups excluding carboxylic acids is 2. The third-order valence-electron chi connectivity index (χ3n) is 7.68. The van der Waals surface area contributed by atoms with Crippen molar-refractivity contribution in [2.24, 2.45) is 0 Å². The Morgan fingerprint density at radius 1 is 0.951 bits per heavy atom. The zero-order valence-corrected chi connectivity index (χ0v) is 22.3. The minimum absolute atomic E-state index is 0.0227. The molecule has 1 atom stereocenters. The summed E-state index contributed by atoms with van der Waals surface area (Å²) in [5.41, 5.74) is 5.14. The van der Waals surface area contributed by atoms with Crippen molar-refractivity contribution in [2.45, 2.75) is 18.9 Å². The van der Waals surface area contributed by atoms with Crippen LogP contribution in [-0.2, 0) is 6.42 Å². The first-order valence-electron chi connectivity index (χ1n) is 13.8. The Balaban J connectivity index is 1.32. The van der Waals surface area contributed by atoms with E-state index < -0.39 is 0 Å². The summed E-state index contributed by atoms with van der Waals surface area (Å²) in [6.07, 6.45) is 6.24. The van der Waals surface area contributed by atoms with E-state index in [1.54, 1.807) is 18.5 Å². The van der Waals surface area contributed by atoms with E-state index in [2.05, 4.69) is 15.3 Å². The summed E-state index contributed by atoms with van der Waals surface area (Å²) in [5.74, 6) is 1.62. The molecule has 8 heteroatoms. The molecule has 2 aromatic heterocycles. The molecule has 3 aromatic carbocycles. The standard InChI is InChI=1S/C33H28N4O4/c38-32-23-17-26(19-34-18-23)41-25-9-10-27-21(15-25)11-13-37(33(39)29-20-36-30-8-2-1-7-28(29)30)31(27)22-5-3-6-24(16-22)40-14-4-12-35-32/h1-3,5-10,15-20,31,36H,4,11-14H2,(H,35,38). The number of carbonyl (C=O) groups is 2. The molecule has 0 spiro atoms. The summed E-state index contributed by atoms with van der Waals surface area (Å²) in [5, 5.41) is 3.82. The largest absolute Gasteiger partial charge is 0.494 e. The van der Waals surface area contributed by atoms with Gasteiger partial charge in [0.2, 0.25) is 0 Å². The van der Waals surface area contributed by atoms with E-state index in [0.717, 1.165) is 33.3 Å². The first kappa shape index (κ1) is 24.9. The van der Waals surface area contributed by atoms with Gasteiger partial charge in [-0.05, 0) is 65.9 Å². The Hall–Kier alpha value is -5.11. The summed E-state index contributed by atoms with van der Waals surface area (Å²) in [6, 6.07) is 23.2. The number of amides is 2. The van der Waals surface area contributed by atoms with Gasteiger partial charge in [-0.25, -0.2) is 0 Å². The smallest absolute Gasteiger partial charge is 0.256 e. The van der Waals surface area contributed by atoms with E-state index in [1.807, 2.05) is 71.6 Å². The van der Waals surface area contributed by atoms with E-state index in [0.29, 0.717) is 55.2 Å². The molecule has 0 saturated heterocycles. The lowest BCUT2D eigenvalue weighted by atomic mass is 9.87.